The van der Waals surface area contributed by atoms with E-state index < -0.39 is 5.97 Å². The van der Waals surface area contributed by atoms with Gasteiger partial charge in [0, 0.05) is 9.80 Å². The van der Waals surface area contributed by atoms with E-state index in [9.17, 15) is 4.79 Å². The molecule has 84 valence electrons. The molecule has 0 saturated carbocycles. The molecular formula is C11H9Br2NO2. The monoisotopic (exact) mass is 345 g/mol. The van der Waals surface area contributed by atoms with E-state index >= 15 is 0 Å². The standard InChI is InChI=1S/C11H9Br2NO2/c1-2-16-11(15)10-8(6-14)3-7(5-12)4-9(10)13/h3-4H,2,5H2,1H3. The van der Waals surface area contributed by atoms with Crippen LogP contribution < -0.4 is 0 Å². The first-order valence-electron chi connectivity index (χ1n) is 4.59. The summed E-state index contributed by atoms with van der Waals surface area (Å²) in [6.45, 7) is 2.01. The quantitative estimate of drug-likeness (QED) is 0.622. The minimum atomic E-state index is -0.480. The fraction of sp³-hybridized carbons (Fsp3) is 0.273. The maximum atomic E-state index is 11.6. The summed E-state index contributed by atoms with van der Waals surface area (Å²) in [6.07, 6.45) is 0. The van der Waals surface area contributed by atoms with Crippen molar-refractivity contribution in [2.24, 2.45) is 0 Å². The first-order chi connectivity index (χ1) is 7.63. The summed E-state index contributed by atoms with van der Waals surface area (Å²) in [5, 5.41) is 9.61. The number of carbonyl (C=O) groups excluding carboxylic acids is 1. The highest BCUT2D eigenvalue weighted by Crippen LogP contribution is 2.24. The highest BCUT2D eigenvalue weighted by Gasteiger charge is 2.17. The van der Waals surface area contributed by atoms with E-state index in [1.807, 2.05) is 6.07 Å². The molecule has 0 heterocycles. The Morgan fingerprint density at radius 2 is 2.25 bits per heavy atom. The predicted octanol–water partition coefficient (Wildman–Crippen LogP) is 3.39. The Labute approximate surface area is 111 Å². The van der Waals surface area contributed by atoms with Gasteiger partial charge in [-0.2, -0.15) is 5.26 Å². The van der Waals surface area contributed by atoms with Crippen LogP contribution >= 0.6 is 31.9 Å². The average molecular weight is 347 g/mol. The summed E-state index contributed by atoms with van der Waals surface area (Å²) >= 11 is 6.58. The molecule has 0 aliphatic heterocycles. The zero-order chi connectivity index (χ0) is 12.1. The number of benzene rings is 1. The van der Waals surface area contributed by atoms with Gasteiger partial charge < -0.3 is 4.74 Å². The van der Waals surface area contributed by atoms with Crippen molar-refractivity contribution < 1.29 is 9.53 Å². The number of alkyl halides is 1. The molecule has 0 N–H and O–H groups in total. The van der Waals surface area contributed by atoms with E-state index in [0.29, 0.717) is 15.4 Å². The Balaban J connectivity index is 3.28. The second kappa shape index (κ2) is 6.02. The molecule has 0 bridgehead atoms. The molecule has 16 heavy (non-hydrogen) atoms. The summed E-state index contributed by atoms with van der Waals surface area (Å²) < 4.78 is 5.48. The Kier molecular flexibility index (Phi) is 4.97. The lowest BCUT2D eigenvalue weighted by atomic mass is 10.1. The van der Waals surface area contributed by atoms with Gasteiger partial charge in [-0.15, -0.1) is 0 Å². The molecule has 0 aliphatic carbocycles. The van der Waals surface area contributed by atoms with Gasteiger partial charge >= 0.3 is 5.97 Å². The maximum absolute atomic E-state index is 11.6. The minimum Gasteiger partial charge on any atom is -0.462 e. The Bertz CT molecular complexity index is 452. The van der Waals surface area contributed by atoms with Crippen molar-refractivity contribution in [3.05, 3.63) is 33.3 Å². The SMILES string of the molecule is CCOC(=O)c1c(Br)cc(CBr)cc1C#N. The van der Waals surface area contributed by atoms with Crippen molar-refractivity contribution in [3.8, 4) is 6.07 Å². The predicted molar refractivity (Wildman–Crippen MR) is 67.4 cm³/mol. The molecule has 0 aromatic heterocycles. The molecule has 0 aliphatic rings. The molecule has 0 radical (unpaired) electrons. The third-order valence-corrected chi connectivity index (χ3v) is 3.18. The van der Waals surface area contributed by atoms with Crippen LogP contribution in [0.3, 0.4) is 0 Å². The van der Waals surface area contributed by atoms with Crippen molar-refractivity contribution in [1.29, 1.82) is 5.26 Å². The Morgan fingerprint density at radius 3 is 2.75 bits per heavy atom. The number of nitriles is 1. The van der Waals surface area contributed by atoms with Gasteiger partial charge in [-0.3, -0.25) is 0 Å². The minimum absolute atomic E-state index is 0.286. The molecule has 0 atom stereocenters. The second-order valence-corrected chi connectivity index (χ2v) is 4.38. The summed E-state index contributed by atoms with van der Waals surface area (Å²) in [5.41, 5.74) is 1.53. The molecule has 5 heteroatoms. The molecular weight excluding hydrogens is 338 g/mol. The van der Waals surface area contributed by atoms with E-state index in [1.54, 1.807) is 19.1 Å². The van der Waals surface area contributed by atoms with Crippen molar-refractivity contribution >= 4 is 37.8 Å². The first-order valence-corrected chi connectivity index (χ1v) is 6.51. The lowest BCUT2D eigenvalue weighted by molar-refractivity contribution is 0.0525. The van der Waals surface area contributed by atoms with Gasteiger partial charge in [-0.05, 0) is 40.5 Å². The first kappa shape index (κ1) is 13.2. The number of carbonyl (C=O) groups is 1. The van der Waals surface area contributed by atoms with E-state index in [2.05, 4.69) is 31.9 Å². The van der Waals surface area contributed by atoms with Crippen LogP contribution in [0.1, 0.15) is 28.4 Å². The van der Waals surface area contributed by atoms with Gasteiger partial charge in [0.25, 0.3) is 0 Å². The molecule has 0 amide bonds. The molecule has 0 saturated heterocycles. The third-order valence-electron chi connectivity index (χ3n) is 1.90. The lowest BCUT2D eigenvalue weighted by Gasteiger charge is -2.07. The second-order valence-electron chi connectivity index (χ2n) is 2.97. The van der Waals surface area contributed by atoms with E-state index in [0.717, 1.165) is 5.56 Å². The van der Waals surface area contributed by atoms with Gasteiger partial charge in [0.1, 0.15) is 6.07 Å². The van der Waals surface area contributed by atoms with Gasteiger partial charge in [0.05, 0.1) is 17.7 Å². The fourth-order valence-electron chi connectivity index (χ4n) is 1.24. The Hall–Kier alpha value is -0.860. The molecule has 3 nitrogen and oxygen atoms in total. The largest absolute Gasteiger partial charge is 0.462 e. The highest BCUT2D eigenvalue weighted by atomic mass is 79.9. The van der Waals surface area contributed by atoms with Crippen LogP contribution in [0.25, 0.3) is 0 Å². The van der Waals surface area contributed by atoms with Gasteiger partial charge in [0.15, 0.2) is 0 Å². The highest BCUT2D eigenvalue weighted by molar-refractivity contribution is 9.10. The zero-order valence-electron chi connectivity index (χ0n) is 8.59. The van der Waals surface area contributed by atoms with Crippen molar-refractivity contribution in [1.82, 2.24) is 0 Å². The van der Waals surface area contributed by atoms with Crippen LogP contribution in [0.4, 0.5) is 0 Å². The topological polar surface area (TPSA) is 50.1 Å². The molecule has 0 unspecified atom stereocenters. The fourth-order valence-corrected chi connectivity index (χ4v) is 2.23. The summed E-state index contributed by atoms with van der Waals surface area (Å²) in [5.74, 6) is -0.480. The number of rotatable bonds is 3. The zero-order valence-corrected chi connectivity index (χ0v) is 11.8. The number of hydrogen-bond donors (Lipinski definition) is 0. The van der Waals surface area contributed by atoms with Crippen LogP contribution in [0.15, 0.2) is 16.6 Å². The van der Waals surface area contributed by atoms with E-state index in [1.165, 1.54) is 0 Å². The summed E-state index contributed by atoms with van der Waals surface area (Å²) in [6, 6.07) is 5.46. The van der Waals surface area contributed by atoms with Crippen molar-refractivity contribution in [2.75, 3.05) is 6.61 Å². The van der Waals surface area contributed by atoms with Crippen LogP contribution in [0.5, 0.6) is 0 Å². The summed E-state index contributed by atoms with van der Waals surface area (Å²) in [7, 11) is 0. The van der Waals surface area contributed by atoms with Crippen LogP contribution in [0.2, 0.25) is 0 Å². The molecule has 1 aromatic carbocycles. The average Bonchev–Trinajstić information content (AvgIpc) is 2.27. The summed E-state index contributed by atoms with van der Waals surface area (Å²) in [4.78, 5) is 11.6. The third kappa shape index (κ3) is 2.83. The number of nitrogens with zero attached hydrogens (tertiary/aromatic N) is 1. The van der Waals surface area contributed by atoms with E-state index in [4.69, 9.17) is 10.00 Å². The molecule has 0 spiro atoms. The number of ether oxygens (including phenoxy) is 1. The van der Waals surface area contributed by atoms with Crippen LogP contribution in [-0.2, 0) is 10.1 Å². The normalized spacial score (nSPS) is 9.62. The van der Waals surface area contributed by atoms with Gasteiger partial charge in [-0.1, -0.05) is 15.9 Å². The van der Waals surface area contributed by atoms with Crippen molar-refractivity contribution in [3.63, 3.8) is 0 Å². The van der Waals surface area contributed by atoms with Crippen LogP contribution in [0, 0.1) is 11.3 Å². The number of esters is 1. The number of hydrogen-bond acceptors (Lipinski definition) is 3. The molecule has 1 aromatic rings. The maximum Gasteiger partial charge on any atom is 0.340 e. The van der Waals surface area contributed by atoms with Gasteiger partial charge in [-0.25, -0.2) is 4.79 Å². The smallest absolute Gasteiger partial charge is 0.340 e. The van der Waals surface area contributed by atoms with Crippen molar-refractivity contribution in [2.45, 2.75) is 12.3 Å². The lowest BCUT2D eigenvalue weighted by Crippen LogP contribution is -2.08. The molecule has 1 rings (SSSR count). The van der Waals surface area contributed by atoms with Crippen LogP contribution in [-0.4, -0.2) is 12.6 Å². The Morgan fingerprint density at radius 1 is 1.56 bits per heavy atom. The molecule has 0 fully saturated rings. The number of halogens is 2. The van der Waals surface area contributed by atoms with Gasteiger partial charge in [0.2, 0.25) is 0 Å². The van der Waals surface area contributed by atoms with E-state index in [-0.39, 0.29) is 12.2 Å².